The molecule has 3 aliphatic rings. The molecule has 0 aromatic carbocycles. The van der Waals surface area contributed by atoms with Gasteiger partial charge in [-0.15, -0.1) is 13.2 Å². The minimum atomic E-state index is -1.26. The number of fused-ring (bicyclic) bond motifs is 1. The third-order valence-electron chi connectivity index (χ3n) is 9.41. The fourth-order valence-corrected chi connectivity index (χ4v) is 7.98. The van der Waals surface area contributed by atoms with E-state index in [0.717, 1.165) is 12.8 Å². The van der Waals surface area contributed by atoms with E-state index in [9.17, 15) is 24.3 Å². The molecular weight excluding hydrogens is 618 g/mol. The summed E-state index contributed by atoms with van der Waals surface area (Å²) in [6, 6.07) is -1.75. The molecule has 3 fully saturated rings. The lowest BCUT2D eigenvalue weighted by Crippen LogP contribution is -2.61. The SMILES string of the molecule is C=CCCC(=O)NC[C@H](C)OC(=O)[C@@H]1[C@H]2O[C@@]3(CC2Br)[C@H](C(=O)N(CC=C)C(C)CCC)N([C@@H](CO)[C@@H](C)CC)C(=O)[C@@H]13. The maximum atomic E-state index is 14.6. The van der Waals surface area contributed by atoms with Crippen LogP contribution in [0.2, 0.25) is 0 Å². The first-order valence-corrected chi connectivity index (χ1v) is 16.6. The predicted octanol–water partition coefficient (Wildman–Crippen LogP) is 3.36. The third-order valence-corrected chi connectivity index (χ3v) is 10.3. The van der Waals surface area contributed by atoms with Crippen molar-refractivity contribution in [3.8, 4) is 0 Å². The quantitative estimate of drug-likeness (QED) is 0.138. The number of nitrogens with zero attached hydrogens (tertiary/aromatic N) is 2. The summed E-state index contributed by atoms with van der Waals surface area (Å²) in [5.74, 6) is -3.38. The molecule has 11 heteroatoms. The fraction of sp³-hybridized carbons (Fsp3) is 0.750. The number of amides is 3. The largest absolute Gasteiger partial charge is 0.460 e. The van der Waals surface area contributed by atoms with Gasteiger partial charge in [0.25, 0.3) is 0 Å². The first-order valence-electron chi connectivity index (χ1n) is 15.7. The summed E-state index contributed by atoms with van der Waals surface area (Å²) in [6.45, 7) is 17.2. The molecule has 2 N–H and O–H groups in total. The number of aliphatic hydroxyl groups excluding tert-OH is 1. The van der Waals surface area contributed by atoms with E-state index in [1.807, 2.05) is 20.8 Å². The molecule has 10 atom stereocenters. The molecule has 43 heavy (non-hydrogen) atoms. The molecule has 1 spiro atoms. The van der Waals surface area contributed by atoms with Gasteiger partial charge >= 0.3 is 5.97 Å². The summed E-state index contributed by atoms with van der Waals surface area (Å²) >= 11 is 3.69. The van der Waals surface area contributed by atoms with Gasteiger partial charge in [-0.25, -0.2) is 0 Å². The van der Waals surface area contributed by atoms with Crippen LogP contribution in [0.4, 0.5) is 0 Å². The van der Waals surface area contributed by atoms with E-state index in [4.69, 9.17) is 9.47 Å². The Morgan fingerprint density at radius 2 is 1.95 bits per heavy atom. The number of carbonyl (C=O) groups excluding carboxylic acids is 4. The summed E-state index contributed by atoms with van der Waals surface area (Å²) in [5, 5.41) is 13.3. The zero-order valence-electron chi connectivity index (χ0n) is 26.3. The van der Waals surface area contributed by atoms with Gasteiger partial charge in [0.05, 0.1) is 37.1 Å². The van der Waals surface area contributed by atoms with Crippen LogP contribution in [0.1, 0.15) is 73.1 Å². The average molecular weight is 669 g/mol. The van der Waals surface area contributed by atoms with Gasteiger partial charge in [-0.1, -0.05) is 61.7 Å². The van der Waals surface area contributed by atoms with Crippen molar-refractivity contribution in [2.45, 2.75) is 114 Å². The maximum absolute atomic E-state index is 14.6. The van der Waals surface area contributed by atoms with Gasteiger partial charge in [-0.3, -0.25) is 19.2 Å². The van der Waals surface area contributed by atoms with Crippen LogP contribution in [0.3, 0.4) is 0 Å². The maximum Gasteiger partial charge on any atom is 0.312 e. The zero-order chi connectivity index (χ0) is 32.1. The van der Waals surface area contributed by atoms with E-state index in [1.165, 1.54) is 4.90 Å². The van der Waals surface area contributed by atoms with Crippen LogP contribution in [0.15, 0.2) is 25.3 Å². The summed E-state index contributed by atoms with van der Waals surface area (Å²) in [7, 11) is 0. The highest BCUT2D eigenvalue weighted by Gasteiger charge is 2.77. The summed E-state index contributed by atoms with van der Waals surface area (Å²) in [6.07, 6.45) is 5.56. The van der Waals surface area contributed by atoms with E-state index < -0.39 is 47.7 Å². The lowest BCUT2D eigenvalue weighted by molar-refractivity contribution is -0.160. The second-order valence-electron chi connectivity index (χ2n) is 12.3. The Kier molecular flexibility index (Phi) is 12.4. The molecular formula is C32H50BrN3O7. The van der Waals surface area contributed by atoms with E-state index in [-0.39, 0.29) is 47.7 Å². The second-order valence-corrected chi connectivity index (χ2v) is 13.5. The van der Waals surface area contributed by atoms with Crippen molar-refractivity contribution >= 4 is 39.6 Å². The van der Waals surface area contributed by atoms with Crippen LogP contribution >= 0.6 is 15.9 Å². The van der Waals surface area contributed by atoms with Crippen LogP contribution in [0.25, 0.3) is 0 Å². The summed E-state index contributed by atoms with van der Waals surface area (Å²) in [4.78, 5) is 57.8. The normalized spacial score (nSPS) is 30.3. The molecule has 0 saturated carbocycles. The molecule has 0 aromatic rings. The van der Waals surface area contributed by atoms with Crippen molar-refractivity contribution in [2.24, 2.45) is 17.8 Å². The minimum absolute atomic E-state index is 0.104. The Labute approximate surface area is 264 Å². The molecule has 0 aliphatic carbocycles. The summed E-state index contributed by atoms with van der Waals surface area (Å²) < 4.78 is 12.4. The van der Waals surface area contributed by atoms with Gasteiger partial charge in [0.2, 0.25) is 17.7 Å². The minimum Gasteiger partial charge on any atom is -0.460 e. The van der Waals surface area contributed by atoms with Crippen molar-refractivity contribution in [3.05, 3.63) is 25.3 Å². The van der Waals surface area contributed by atoms with Crippen LogP contribution in [-0.4, -0.2) is 99.1 Å². The molecule has 3 amide bonds. The molecule has 3 aliphatic heterocycles. The molecule has 2 unspecified atom stereocenters. The van der Waals surface area contributed by atoms with Gasteiger partial charge < -0.3 is 29.7 Å². The Hall–Kier alpha value is -2.24. The van der Waals surface area contributed by atoms with Gasteiger partial charge in [0.1, 0.15) is 17.7 Å². The standard InChI is InChI=1S/C32H50BrN3O7/c1-8-12-14-24(38)34-17-21(7)42-31(41)25-26-29(39)36(23(18-37)19(5)11-4)28(32(26)16-22(33)27(25)43-32)30(40)35(15-10-3)20(6)13-9-2/h8,10,19-23,25-28,37H,1,3,9,11-18H2,2,4-7H3,(H,34,38)/t19-,20?,21-,22?,23-,25-,26+,27-,28-,32+/m0/s1. The van der Waals surface area contributed by atoms with Crippen molar-refractivity contribution in [3.63, 3.8) is 0 Å². The molecule has 3 heterocycles. The van der Waals surface area contributed by atoms with E-state index in [0.29, 0.717) is 32.2 Å². The lowest BCUT2D eigenvalue weighted by Gasteiger charge is -2.42. The number of halogens is 1. The number of aliphatic hydroxyl groups is 1. The molecule has 0 aromatic heterocycles. The topological polar surface area (TPSA) is 125 Å². The van der Waals surface area contributed by atoms with E-state index in [1.54, 1.807) is 24.0 Å². The number of allylic oxidation sites excluding steroid dienone is 1. The van der Waals surface area contributed by atoms with Gasteiger partial charge in [0, 0.05) is 23.8 Å². The van der Waals surface area contributed by atoms with Crippen LogP contribution in [-0.2, 0) is 28.7 Å². The van der Waals surface area contributed by atoms with Gasteiger partial charge in [-0.2, -0.15) is 0 Å². The number of hydrogen-bond donors (Lipinski definition) is 2. The highest BCUT2D eigenvalue weighted by molar-refractivity contribution is 9.09. The second kappa shape index (κ2) is 15.2. The number of likely N-dealkylation sites (tertiary alicyclic amines) is 1. The monoisotopic (exact) mass is 667 g/mol. The number of alkyl halides is 1. The average Bonchev–Trinajstić information content (AvgIpc) is 3.57. The van der Waals surface area contributed by atoms with Crippen LogP contribution in [0.5, 0.6) is 0 Å². The van der Waals surface area contributed by atoms with Crippen LogP contribution < -0.4 is 5.32 Å². The molecule has 10 nitrogen and oxygen atoms in total. The fourth-order valence-electron chi connectivity index (χ4n) is 7.04. The number of esters is 1. The number of nitrogens with one attached hydrogen (secondary N) is 1. The lowest BCUT2D eigenvalue weighted by atomic mass is 9.70. The van der Waals surface area contributed by atoms with Crippen molar-refractivity contribution in [1.82, 2.24) is 15.1 Å². The molecule has 242 valence electrons. The Balaban J connectivity index is 1.99. The van der Waals surface area contributed by atoms with Crippen molar-refractivity contribution in [1.29, 1.82) is 0 Å². The molecule has 3 saturated heterocycles. The molecule has 2 bridgehead atoms. The smallest absolute Gasteiger partial charge is 0.312 e. The predicted molar refractivity (Wildman–Crippen MR) is 167 cm³/mol. The van der Waals surface area contributed by atoms with Crippen molar-refractivity contribution in [2.75, 3.05) is 19.7 Å². The number of hydrogen-bond acceptors (Lipinski definition) is 7. The van der Waals surface area contributed by atoms with Crippen molar-refractivity contribution < 1.29 is 33.8 Å². The first kappa shape index (κ1) is 35.2. The van der Waals surface area contributed by atoms with Crippen LogP contribution in [0, 0.1) is 17.8 Å². The van der Waals surface area contributed by atoms with E-state index >= 15 is 0 Å². The Morgan fingerprint density at radius 1 is 1.26 bits per heavy atom. The van der Waals surface area contributed by atoms with Gasteiger partial charge in [0.15, 0.2) is 0 Å². The first-order chi connectivity index (χ1) is 20.4. The Bertz CT molecular complexity index is 1060. The number of rotatable bonds is 17. The van der Waals surface area contributed by atoms with Gasteiger partial charge in [-0.05, 0) is 39.0 Å². The third kappa shape index (κ3) is 6.88. The summed E-state index contributed by atoms with van der Waals surface area (Å²) in [5.41, 5.74) is -1.26. The molecule has 0 radical (unpaired) electrons. The number of ether oxygens (including phenoxy) is 2. The highest BCUT2D eigenvalue weighted by Crippen LogP contribution is 2.61. The molecule has 3 rings (SSSR count). The number of carbonyl (C=O) groups is 4. The highest BCUT2D eigenvalue weighted by atomic mass is 79.9. The Morgan fingerprint density at radius 3 is 2.53 bits per heavy atom. The van der Waals surface area contributed by atoms with E-state index in [2.05, 4.69) is 41.3 Å². The zero-order valence-corrected chi connectivity index (χ0v) is 27.9.